The second-order valence-electron chi connectivity index (χ2n) is 0. The van der Waals surface area contributed by atoms with Crippen molar-refractivity contribution in [1.29, 1.82) is 0 Å². The van der Waals surface area contributed by atoms with E-state index in [-0.39, 0.29) is 152 Å². The normalized spacial score (nSPS) is 0. The minimum atomic E-state index is 0. The summed E-state index contributed by atoms with van der Waals surface area (Å²) < 4.78 is 0. The van der Waals surface area contributed by atoms with Gasteiger partial charge in [0.25, 0.3) is 0 Å². The van der Waals surface area contributed by atoms with Crippen molar-refractivity contribution in [2.45, 2.75) is 0 Å². The summed E-state index contributed by atoms with van der Waals surface area (Å²) in [6.45, 7) is 0. The Labute approximate surface area is 148 Å². The van der Waals surface area contributed by atoms with Crippen molar-refractivity contribution in [2.24, 2.45) is 0 Å². The SMILES string of the molecule is [Ba+2].[Ce+3].[Gd+3].[O-2].[O-2].[O-2].[O-2]. The number of rotatable bonds is 0. The molecule has 0 unspecified atom stereocenters. The maximum absolute atomic E-state index is 0. The van der Waals surface area contributed by atoms with E-state index in [1.165, 1.54) is 0 Å². The average Bonchev–Trinajstić information content (AvgIpc) is 0. The molecule has 7 heavy (non-hydrogen) atoms. The van der Waals surface area contributed by atoms with Crippen molar-refractivity contribution in [3.8, 4) is 0 Å². The summed E-state index contributed by atoms with van der Waals surface area (Å²) in [5, 5.41) is 0. The quantitative estimate of drug-likeness (QED) is 0.387. The summed E-state index contributed by atoms with van der Waals surface area (Å²) in [6.07, 6.45) is 0. The van der Waals surface area contributed by atoms with Gasteiger partial charge >= 0.3 is 131 Å². The monoisotopic (exact) mass is 500 g/mol. The molecular weight excluding hydrogens is 499 g/mol. The van der Waals surface area contributed by atoms with E-state index < -0.39 is 0 Å². The van der Waals surface area contributed by atoms with E-state index in [1.54, 1.807) is 0 Å². The molecule has 0 aliphatic rings. The van der Waals surface area contributed by atoms with Crippen LogP contribution >= 0.6 is 0 Å². The summed E-state index contributed by atoms with van der Waals surface area (Å²) in [4.78, 5) is 0. The molecule has 0 bridgehead atoms. The van der Waals surface area contributed by atoms with Crippen LogP contribution in [0.4, 0.5) is 0 Å². The molecule has 0 aliphatic heterocycles. The zero-order valence-corrected chi connectivity index (χ0v) is 13.0. The molecule has 0 aromatic heterocycles. The smallest absolute Gasteiger partial charge is 2.00 e. The molecule has 0 spiro atoms. The van der Waals surface area contributed by atoms with Gasteiger partial charge in [-0.1, -0.05) is 0 Å². The van der Waals surface area contributed by atoms with Crippen LogP contribution in [0.2, 0.25) is 0 Å². The van der Waals surface area contributed by atoms with Crippen LogP contribution in [0.3, 0.4) is 0 Å². The molecule has 0 rings (SSSR count). The number of hydrogen-bond acceptors (Lipinski definition) is 0. The fraction of sp³-hybridized carbons (Fsp3) is 0. The molecule has 0 saturated heterocycles. The fourth-order valence-electron chi connectivity index (χ4n) is 0. The third-order valence-corrected chi connectivity index (χ3v) is 0. The van der Waals surface area contributed by atoms with E-state index in [0.29, 0.717) is 0 Å². The Kier molecular flexibility index (Phi) is 477. The first kappa shape index (κ1) is 67.2. The van der Waals surface area contributed by atoms with Crippen molar-refractivity contribution in [3.05, 3.63) is 0 Å². The second kappa shape index (κ2) is 49.6. The minimum absolute atomic E-state index is 0. The van der Waals surface area contributed by atoms with Gasteiger partial charge in [0.05, 0.1) is 0 Å². The number of hydrogen-bond donors (Lipinski definition) is 0. The van der Waals surface area contributed by atoms with Crippen LogP contribution in [0.15, 0.2) is 0 Å². The maximum atomic E-state index is 0. The van der Waals surface area contributed by atoms with Crippen molar-refractivity contribution < 1.29 is 104 Å². The van der Waals surface area contributed by atoms with Gasteiger partial charge in [0.1, 0.15) is 0 Å². The van der Waals surface area contributed by atoms with Gasteiger partial charge in [0.2, 0.25) is 0 Å². The molecule has 0 saturated carbocycles. The molecule has 0 atom stereocenters. The van der Waals surface area contributed by atoms with Gasteiger partial charge in [-0.05, 0) is 0 Å². The molecule has 0 heterocycles. The predicted octanol–water partition coefficient (Wildman–Crippen LogP) is -0.856. The van der Waals surface area contributed by atoms with Crippen LogP contribution in [0.1, 0.15) is 0 Å². The molecule has 0 aliphatic carbocycles. The van der Waals surface area contributed by atoms with Crippen molar-refractivity contribution >= 4 is 48.9 Å². The molecule has 0 aromatic carbocycles. The van der Waals surface area contributed by atoms with Crippen LogP contribution in [-0.2, 0) is 21.9 Å². The largest absolute Gasteiger partial charge is 3.00 e. The van der Waals surface area contributed by atoms with Gasteiger partial charge in [-0.15, -0.1) is 0 Å². The molecule has 4 nitrogen and oxygen atoms in total. The standard InChI is InChI=1S/Ba.Ce.Gd.4O/q+2;2*+3;4*-2. The Balaban J connectivity index is 0. The summed E-state index contributed by atoms with van der Waals surface area (Å²) >= 11 is 0. The Morgan fingerprint density at radius 3 is 0.571 bits per heavy atom. The van der Waals surface area contributed by atoms with Gasteiger partial charge in [-0.3, -0.25) is 0 Å². The van der Waals surface area contributed by atoms with Crippen LogP contribution < -0.4 is 0 Å². The predicted molar refractivity (Wildman–Crippen MR) is 8.50 cm³/mol. The van der Waals surface area contributed by atoms with E-state index in [2.05, 4.69) is 0 Å². The Morgan fingerprint density at radius 2 is 0.571 bits per heavy atom. The molecule has 0 amide bonds. The van der Waals surface area contributed by atoms with Gasteiger partial charge in [-0.2, -0.15) is 0 Å². The third-order valence-electron chi connectivity index (χ3n) is 0. The zero-order valence-electron chi connectivity index (χ0n) is 3.19. The molecule has 2 radical (unpaired) electrons. The van der Waals surface area contributed by atoms with Crippen molar-refractivity contribution in [1.82, 2.24) is 0 Å². The molecule has 0 fully saturated rings. The van der Waals surface area contributed by atoms with Gasteiger partial charge in [-0.25, -0.2) is 0 Å². The minimum Gasteiger partial charge on any atom is -2.00 e. The van der Waals surface area contributed by atoms with Crippen molar-refractivity contribution in [3.63, 3.8) is 0 Å². The van der Waals surface area contributed by atoms with Crippen LogP contribution in [0, 0.1) is 81.7 Å². The topological polar surface area (TPSA) is 114 Å². The molecule has 0 aromatic rings. The molecule has 38 valence electrons. The average molecular weight is 499 g/mol. The molecule has 0 N–H and O–H groups in total. The Hall–Kier alpha value is 4.11. The van der Waals surface area contributed by atoms with Crippen LogP contribution in [0.5, 0.6) is 0 Å². The van der Waals surface area contributed by atoms with E-state index in [0.717, 1.165) is 0 Å². The van der Waals surface area contributed by atoms with Gasteiger partial charge in [0, 0.05) is 0 Å². The second-order valence-corrected chi connectivity index (χ2v) is 0. The summed E-state index contributed by atoms with van der Waals surface area (Å²) in [5.74, 6) is 0. The van der Waals surface area contributed by atoms with E-state index in [4.69, 9.17) is 0 Å². The Morgan fingerprint density at radius 1 is 0.571 bits per heavy atom. The summed E-state index contributed by atoms with van der Waals surface area (Å²) in [7, 11) is 0. The van der Waals surface area contributed by atoms with E-state index in [9.17, 15) is 0 Å². The van der Waals surface area contributed by atoms with E-state index in [1.807, 2.05) is 0 Å². The molecule has 7 heteroatoms. The maximum Gasteiger partial charge on any atom is 3.00 e. The molecular formula is BaCeGdO4. The summed E-state index contributed by atoms with van der Waals surface area (Å²) in [6, 6.07) is 0. The van der Waals surface area contributed by atoms with Crippen molar-refractivity contribution in [2.75, 3.05) is 0 Å². The third kappa shape index (κ3) is 39.3. The van der Waals surface area contributed by atoms with E-state index >= 15 is 0 Å². The van der Waals surface area contributed by atoms with Crippen LogP contribution in [-0.4, -0.2) is 48.9 Å². The summed E-state index contributed by atoms with van der Waals surface area (Å²) in [5.41, 5.74) is 0. The van der Waals surface area contributed by atoms with Crippen LogP contribution in [0.25, 0.3) is 0 Å². The fourth-order valence-corrected chi connectivity index (χ4v) is 0. The first-order valence-corrected chi connectivity index (χ1v) is 0. The Bertz CT molecular complexity index is 11.7. The first-order chi connectivity index (χ1) is 0. The zero-order chi connectivity index (χ0) is 0. The first-order valence-electron chi connectivity index (χ1n) is 0. The van der Waals surface area contributed by atoms with Gasteiger partial charge < -0.3 is 21.9 Å². The van der Waals surface area contributed by atoms with Gasteiger partial charge in [0.15, 0.2) is 0 Å².